The molecule has 0 amide bonds. The minimum atomic E-state index is -4.02. The molecule has 0 aliphatic rings. The molecular formula is C24H18F6O. The molecule has 31 heavy (non-hydrogen) atoms. The largest absolute Gasteiger partial charge is 0.429 e. The Morgan fingerprint density at radius 3 is 2.00 bits per heavy atom. The van der Waals surface area contributed by atoms with Crippen LogP contribution in [0.25, 0.3) is 17.2 Å². The van der Waals surface area contributed by atoms with Gasteiger partial charge < -0.3 is 4.74 Å². The highest BCUT2D eigenvalue weighted by Gasteiger charge is 2.29. The third kappa shape index (κ3) is 5.69. The monoisotopic (exact) mass is 436 g/mol. The molecule has 0 heterocycles. The van der Waals surface area contributed by atoms with E-state index >= 15 is 0 Å². The van der Waals surface area contributed by atoms with Crippen LogP contribution in [-0.4, -0.2) is 6.11 Å². The second-order valence-electron chi connectivity index (χ2n) is 6.88. The molecule has 7 heteroatoms. The van der Waals surface area contributed by atoms with Crippen molar-refractivity contribution >= 4 is 6.08 Å². The fourth-order valence-electron chi connectivity index (χ4n) is 2.96. The van der Waals surface area contributed by atoms with Crippen molar-refractivity contribution in [3.63, 3.8) is 0 Å². The Labute approximate surface area is 175 Å². The Kier molecular flexibility index (Phi) is 6.73. The van der Waals surface area contributed by atoms with Gasteiger partial charge in [-0.3, -0.25) is 0 Å². The average molecular weight is 436 g/mol. The minimum Gasteiger partial charge on any atom is -0.429 e. The van der Waals surface area contributed by atoms with Gasteiger partial charge in [0.15, 0.2) is 17.5 Å². The van der Waals surface area contributed by atoms with Crippen LogP contribution < -0.4 is 4.74 Å². The summed E-state index contributed by atoms with van der Waals surface area (Å²) in [6.45, 7) is 2.07. The lowest BCUT2D eigenvalue weighted by Crippen LogP contribution is -2.21. The smallest absolute Gasteiger partial charge is 0.419 e. The van der Waals surface area contributed by atoms with Crippen molar-refractivity contribution in [3.8, 4) is 16.9 Å². The molecule has 0 saturated heterocycles. The first kappa shape index (κ1) is 22.5. The predicted molar refractivity (Wildman–Crippen MR) is 107 cm³/mol. The van der Waals surface area contributed by atoms with Crippen LogP contribution in [0.5, 0.6) is 5.75 Å². The Hall–Kier alpha value is -3.22. The van der Waals surface area contributed by atoms with Gasteiger partial charge in [-0.2, -0.15) is 8.78 Å². The van der Waals surface area contributed by atoms with Crippen molar-refractivity contribution in [1.29, 1.82) is 0 Å². The molecule has 1 nitrogen and oxygen atoms in total. The van der Waals surface area contributed by atoms with Gasteiger partial charge in [0.1, 0.15) is 11.6 Å². The van der Waals surface area contributed by atoms with E-state index in [-0.39, 0.29) is 11.6 Å². The average Bonchev–Trinajstić information content (AvgIpc) is 2.71. The zero-order chi connectivity index (χ0) is 22.6. The Morgan fingerprint density at radius 1 is 0.806 bits per heavy atom. The van der Waals surface area contributed by atoms with Crippen LogP contribution in [0, 0.1) is 23.3 Å². The molecule has 0 spiro atoms. The van der Waals surface area contributed by atoms with Gasteiger partial charge in [-0.15, -0.1) is 0 Å². The molecule has 0 saturated carbocycles. The van der Waals surface area contributed by atoms with Crippen LogP contribution >= 0.6 is 0 Å². The summed E-state index contributed by atoms with van der Waals surface area (Å²) in [7, 11) is 0. The molecule has 0 fully saturated rings. The zero-order valence-corrected chi connectivity index (χ0v) is 16.4. The highest BCUT2D eigenvalue weighted by atomic mass is 19.3. The summed E-state index contributed by atoms with van der Waals surface area (Å²) in [5.74, 6) is -6.78. The molecule has 3 aromatic rings. The quantitative estimate of drug-likeness (QED) is 0.275. The summed E-state index contributed by atoms with van der Waals surface area (Å²) >= 11 is 0. The topological polar surface area (TPSA) is 9.23 Å². The fourth-order valence-corrected chi connectivity index (χ4v) is 2.96. The van der Waals surface area contributed by atoms with Crippen LogP contribution in [0.4, 0.5) is 26.3 Å². The number of hydrogen-bond donors (Lipinski definition) is 0. The van der Waals surface area contributed by atoms with Crippen molar-refractivity contribution < 1.29 is 31.1 Å². The summed E-state index contributed by atoms with van der Waals surface area (Å²) < 4.78 is 85.8. The number of halogens is 6. The normalized spacial score (nSPS) is 11.8. The molecule has 0 unspecified atom stereocenters. The van der Waals surface area contributed by atoms with E-state index in [9.17, 15) is 26.3 Å². The standard InChI is InChI=1S/C24H18F6O/c1-2-3-15-4-6-16(7-5-15)18-9-8-17(20(25)12-18)10-11-24(29,30)31-19-13-21(26)23(28)22(27)14-19/h4-14H,2-3H2,1H3/b11-10+. The van der Waals surface area contributed by atoms with Crippen molar-refractivity contribution in [2.45, 2.75) is 25.9 Å². The maximum atomic E-state index is 14.4. The van der Waals surface area contributed by atoms with Crippen LogP contribution in [-0.2, 0) is 6.42 Å². The van der Waals surface area contributed by atoms with Gasteiger partial charge in [0.2, 0.25) is 0 Å². The van der Waals surface area contributed by atoms with Crippen molar-refractivity contribution in [2.24, 2.45) is 0 Å². The first-order valence-electron chi connectivity index (χ1n) is 9.48. The van der Waals surface area contributed by atoms with E-state index in [1.807, 2.05) is 24.3 Å². The maximum absolute atomic E-state index is 14.4. The highest BCUT2D eigenvalue weighted by molar-refractivity contribution is 5.66. The van der Waals surface area contributed by atoms with Crippen molar-refractivity contribution in [3.05, 3.63) is 95.1 Å². The summed E-state index contributed by atoms with van der Waals surface area (Å²) in [4.78, 5) is 0. The van der Waals surface area contributed by atoms with Gasteiger partial charge in [-0.25, -0.2) is 17.6 Å². The minimum absolute atomic E-state index is 0.133. The second kappa shape index (κ2) is 9.29. The van der Waals surface area contributed by atoms with Gasteiger partial charge in [0.05, 0.1) is 0 Å². The van der Waals surface area contributed by atoms with E-state index < -0.39 is 35.1 Å². The van der Waals surface area contributed by atoms with Gasteiger partial charge in [-0.05, 0) is 35.3 Å². The number of hydrogen-bond acceptors (Lipinski definition) is 1. The van der Waals surface area contributed by atoms with E-state index in [1.165, 1.54) is 12.1 Å². The summed E-state index contributed by atoms with van der Waals surface area (Å²) in [6, 6.07) is 12.3. The first-order chi connectivity index (χ1) is 14.7. The van der Waals surface area contributed by atoms with Crippen molar-refractivity contribution in [1.82, 2.24) is 0 Å². The Morgan fingerprint density at radius 2 is 1.42 bits per heavy atom. The molecule has 0 N–H and O–H groups in total. The number of ether oxygens (including phenoxy) is 1. The lowest BCUT2D eigenvalue weighted by molar-refractivity contribution is -0.131. The molecule has 0 atom stereocenters. The number of benzene rings is 3. The number of rotatable bonds is 7. The third-order valence-electron chi connectivity index (χ3n) is 4.49. The molecule has 0 aliphatic carbocycles. The number of alkyl halides is 2. The van der Waals surface area contributed by atoms with Crippen molar-refractivity contribution in [2.75, 3.05) is 0 Å². The number of aryl methyl sites for hydroxylation is 1. The summed E-state index contributed by atoms with van der Waals surface area (Å²) in [5.41, 5.74) is 2.39. The molecule has 0 aliphatic heterocycles. The van der Waals surface area contributed by atoms with E-state index in [0.717, 1.165) is 30.0 Å². The predicted octanol–water partition coefficient (Wildman–Crippen LogP) is 7.55. The van der Waals surface area contributed by atoms with Gasteiger partial charge in [0, 0.05) is 23.8 Å². The summed E-state index contributed by atoms with van der Waals surface area (Å²) in [6.07, 6.45) is -1.04. The Balaban J connectivity index is 1.75. The molecule has 0 bridgehead atoms. The lowest BCUT2D eigenvalue weighted by atomic mass is 10.0. The summed E-state index contributed by atoms with van der Waals surface area (Å²) in [5, 5.41) is 0. The molecular weight excluding hydrogens is 418 g/mol. The van der Waals surface area contributed by atoms with Crippen LogP contribution in [0.2, 0.25) is 0 Å². The SMILES string of the molecule is CCCc1ccc(-c2ccc(/C=C/C(F)(F)Oc3cc(F)c(F)c(F)c3)c(F)c2)cc1. The van der Waals surface area contributed by atoms with Crippen LogP contribution in [0.15, 0.2) is 60.7 Å². The molecule has 3 rings (SSSR count). The first-order valence-corrected chi connectivity index (χ1v) is 9.48. The van der Waals surface area contributed by atoms with E-state index in [0.29, 0.717) is 17.7 Å². The van der Waals surface area contributed by atoms with E-state index in [2.05, 4.69) is 11.7 Å². The highest BCUT2D eigenvalue weighted by Crippen LogP contribution is 2.28. The maximum Gasteiger partial charge on any atom is 0.419 e. The zero-order valence-electron chi connectivity index (χ0n) is 16.4. The Bertz CT molecular complexity index is 1070. The third-order valence-corrected chi connectivity index (χ3v) is 4.49. The van der Waals surface area contributed by atoms with Crippen LogP contribution in [0.1, 0.15) is 24.5 Å². The van der Waals surface area contributed by atoms with Crippen LogP contribution in [0.3, 0.4) is 0 Å². The molecule has 0 radical (unpaired) electrons. The van der Waals surface area contributed by atoms with E-state index in [1.54, 1.807) is 6.07 Å². The fraction of sp³-hybridized carbons (Fsp3) is 0.167. The van der Waals surface area contributed by atoms with E-state index in [4.69, 9.17) is 0 Å². The molecule has 3 aromatic carbocycles. The van der Waals surface area contributed by atoms with Gasteiger partial charge in [0.25, 0.3) is 0 Å². The van der Waals surface area contributed by atoms with Gasteiger partial charge in [-0.1, -0.05) is 49.7 Å². The second-order valence-corrected chi connectivity index (χ2v) is 6.88. The lowest BCUT2D eigenvalue weighted by Gasteiger charge is -2.14. The molecule has 162 valence electrons. The van der Waals surface area contributed by atoms with Gasteiger partial charge >= 0.3 is 6.11 Å². The molecule has 0 aromatic heterocycles.